The number of fused-ring (bicyclic) bond motifs is 1. The maximum Gasteiger partial charge on any atom is 0.323 e. The summed E-state index contributed by atoms with van der Waals surface area (Å²) in [7, 11) is 0. The Morgan fingerprint density at radius 3 is 2.33 bits per heavy atom. The Morgan fingerprint density at radius 1 is 1.12 bits per heavy atom. The van der Waals surface area contributed by atoms with Crippen molar-refractivity contribution in [2.45, 2.75) is 83.3 Å². The van der Waals surface area contributed by atoms with Crippen molar-refractivity contribution in [3.05, 3.63) is 35.9 Å². The lowest BCUT2D eigenvalue weighted by Gasteiger charge is -2.32. The Balaban J connectivity index is 1.67. The molecule has 0 spiro atoms. The molecule has 1 unspecified atom stereocenters. The van der Waals surface area contributed by atoms with Gasteiger partial charge in [0, 0.05) is 6.04 Å². The van der Waals surface area contributed by atoms with Crippen molar-refractivity contribution < 1.29 is 24.2 Å². The number of carboxylic acid groups (broad SMARTS) is 1. The van der Waals surface area contributed by atoms with Gasteiger partial charge in [0.2, 0.25) is 5.91 Å². The van der Waals surface area contributed by atoms with Gasteiger partial charge in [-0.25, -0.2) is 0 Å². The molecular weight excluding hydrogens is 420 g/mol. The molecule has 2 aliphatic carbocycles. The van der Waals surface area contributed by atoms with E-state index in [2.05, 4.69) is 5.32 Å². The first-order valence-electron chi connectivity index (χ1n) is 12.4. The van der Waals surface area contributed by atoms with Gasteiger partial charge in [0.25, 0.3) is 0 Å². The van der Waals surface area contributed by atoms with Crippen LogP contribution in [-0.4, -0.2) is 59.1 Å². The fourth-order valence-electron chi connectivity index (χ4n) is 5.58. The van der Waals surface area contributed by atoms with Crippen LogP contribution in [0.15, 0.2) is 30.3 Å². The summed E-state index contributed by atoms with van der Waals surface area (Å²) < 4.78 is 5.24. The number of hydrogen-bond acceptors (Lipinski definition) is 5. The van der Waals surface area contributed by atoms with Crippen molar-refractivity contribution in [2.75, 3.05) is 13.2 Å². The number of aryl methyl sites for hydroxylation is 1. The van der Waals surface area contributed by atoms with Gasteiger partial charge in [-0.1, -0.05) is 56.0 Å². The largest absolute Gasteiger partial charge is 0.480 e. The minimum atomic E-state index is -1.00. The van der Waals surface area contributed by atoms with Gasteiger partial charge in [-0.2, -0.15) is 0 Å². The highest BCUT2D eigenvalue weighted by Crippen LogP contribution is 2.44. The van der Waals surface area contributed by atoms with Crippen molar-refractivity contribution in [1.29, 1.82) is 0 Å². The number of rotatable bonds is 11. The molecule has 0 radical (unpaired) electrons. The minimum Gasteiger partial charge on any atom is -0.480 e. The first kappa shape index (κ1) is 25.2. The van der Waals surface area contributed by atoms with Crippen molar-refractivity contribution in [2.24, 2.45) is 11.8 Å². The SMILES string of the molecule is CCOC(=O)[C@@H](CCc1ccccc1)N[C@@H](C)C(=O)N(CC(=O)O)C1C[C@H]2CCCC[C@H]2C1. The zero-order valence-corrected chi connectivity index (χ0v) is 19.9. The van der Waals surface area contributed by atoms with Gasteiger partial charge in [0.1, 0.15) is 12.6 Å². The molecule has 0 bridgehead atoms. The van der Waals surface area contributed by atoms with Gasteiger partial charge in [-0.05, 0) is 56.9 Å². The number of carbonyl (C=O) groups is 3. The second-order valence-electron chi connectivity index (χ2n) is 9.51. The lowest BCUT2D eigenvalue weighted by Crippen LogP contribution is -2.54. The maximum absolute atomic E-state index is 13.4. The highest BCUT2D eigenvalue weighted by atomic mass is 16.5. The van der Waals surface area contributed by atoms with Gasteiger partial charge in [-0.3, -0.25) is 19.7 Å². The standard InChI is InChI=1S/C26H38N2O5/c1-3-33-26(32)23(14-13-19-9-5-4-6-10-19)27-18(2)25(31)28(17-24(29)30)22-15-20-11-7-8-12-21(20)16-22/h4-6,9-10,18,20-23,27H,3,7-8,11-17H2,1-2H3,(H,29,30)/t18-,20-,21+,22?,23+/m0/s1. The molecule has 1 aromatic rings. The van der Waals surface area contributed by atoms with Crippen LogP contribution in [0.3, 0.4) is 0 Å². The minimum absolute atomic E-state index is 0.0451. The number of ether oxygens (including phenoxy) is 1. The van der Waals surface area contributed by atoms with Crippen LogP contribution < -0.4 is 5.32 Å². The van der Waals surface area contributed by atoms with E-state index < -0.39 is 18.1 Å². The summed E-state index contributed by atoms with van der Waals surface area (Å²) in [5.74, 6) is -0.459. The number of carbonyl (C=O) groups excluding carboxylic acids is 2. The number of aliphatic carboxylic acids is 1. The third-order valence-electron chi connectivity index (χ3n) is 7.20. The van der Waals surface area contributed by atoms with E-state index in [1.807, 2.05) is 30.3 Å². The third kappa shape index (κ3) is 7.03. The Hall–Kier alpha value is -2.41. The van der Waals surface area contributed by atoms with E-state index in [-0.39, 0.29) is 31.1 Å². The molecule has 0 aromatic heterocycles. The van der Waals surface area contributed by atoms with Crippen molar-refractivity contribution in [1.82, 2.24) is 10.2 Å². The van der Waals surface area contributed by atoms with Crippen molar-refractivity contribution in [3.8, 4) is 0 Å². The van der Waals surface area contributed by atoms with Crippen LogP contribution in [0.2, 0.25) is 0 Å². The van der Waals surface area contributed by atoms with Crippen LogP contribution in [0, 0.1) is 11.8 Å². The van der Waals surface area contributed by atoms with E-state index in [4.69, 9.17) is 4.74 Å². The summed E-state index contributed by atoms with van der Waals surface area (Å²) in [4.78, 5) is 39.1. The summed E-state index contributed by atoms with van der Waals surface area (Å²) in [6, 6.07) is 8.50. The summed E-state index contributed by atoms with van der Waals surface area (Å²) in [6.07, 6.45) is 7.72. The highest BCUT2D eigenvalue weighted by Gasteiger charge is 2.41. The average Bonchev–Trinajstić information content (AvgIpc) is 3.24. The smallest absolute Gasteiger partial charge is 0.323 e. The second kappa shape index (κ2) is 12.2. The first-order chi connectivity index (χ1) is 15.9. The lowest BCUT2D eigenvalue weighted by atomic mass is 9.82. The third-order valence-corrected chi connectivity index (χ3v) is 7.20. The summed E-state index contributed by atoms with van der Waals surface area (Å²) in [5, 5.41) is 12.6. The monoisotopic (exact) mass is 458 g/mol. The summed E-state index contributed by atoms with van der Waals surface area (Å²) in [6.45, 7) is 3.44. The number of hydrogen-bond donors (Lipinski definition) is 2. The molecule has 182 valence electrons. The summed E-state index contributed by atoms with van der Waals surface area (Å²) >= 11 is 0. The van der Waals surface area contributed by atoms with Gasteiger partial charge >= 0.3 is 11.9 Å². The number of benzene rings is 1. The number of carboxylic acids is 1. The Kier molecular flexibility index (Phi) is 9.30. The van der Waals surface area contributed by atoms with E-state index in [0.29, 0.717) is 24.7 Å². The van der Waals surface area contributed by atoms with E-state index in [9.17, 15) is 19.5 Å². The number of esters is 1. The summed E-state index contributed by atoms with van der Waals surface area (Å²) in [5.41, 5.74) is 1.11. The first-order valence-corrected chi connectivity index (χ1v) is 12.4. The Morgan fingerprint density at radius 2 is 1.76 bits per heavy atom. The molecule has 7 nitrogen and oxygen atoms in total. The molecule has 1 amide bonds. The molecule has 5 atom stereocenters. The number of nitrogens with zero attached hydrogens (tertiary/aromatic N) is 1. The second-order valence-corrected chi connectivity index (χ2v) is 9.51. The number of amides is 1. The fourth-order valence-corrected chi connectivity index (χ4v) is 5.58. The number of nitrogens with one attached hydrogen (secondary N) is 1. The molecular formula is C26H38N2O5. The molecule has 0 saturated heterocycles. The highest BCUT2D eigenvalue weighted by molar-refractivity contribution is 5.86. The molecule has 0 aliphatic heterocycles. The topological polar surface area (TPSA) is 95.9 Å². The van der Waals surface area contributed by atoms with Crippen LogP contribution in [0.1, 0.15) is 64.4 Å². The van der Waals surface area contributed by atoms with E-state index in [0.717, 1.165) is 18.4 Å². The van der Waals surface area contributed by atoms with Gasteiger partial charge < -0.3 is 14.7 Å². The molecule has 0 heterocycles. The van der Waals surface area contributed by atoms with E-state index >= 15 is 0 Å². The van der Waals surface area contributed by atoms with Crippen LogP contribution in [-0.2, 0) is 25.5 Å². The van der Waals surface area contributed by atoms with Crippen LogP contribution in [0.5, 0.6) is 0 Å². The molecule has 7 heteroatoms. The molecule has 2 aliphatic rings. The van der Waals surface area contributed by atoms with Crippen molar-refractivity contribution in [3.63, 3.8) is 0 Å². The van der Waals surface area contributed by atoms with Crippen LogP contribution in [0.4, 0.5) is 0 Å². The molecule has 1 aromatic carbocycles. The predicted octanol–water partition coefficient (Wildman–Crippen LogP) is 3.41. The van der Waals surface area contributed by atoms with E-state index in [1.165, 1.54) is 30.6 Å². The van der Waals surface area contributed by atoms with E-state index in [1.54, 1.807) is 13.8 Å². The zero-order valence-electron chi connectivity index (χ0n) is 19.9. The maximum atomic E-state index is 13.4. The molecule has 2 saturated carbocycles. The zero-order chi connectivity index (χ0) is 23.8. The fraction of sp³-hybridized carbons (Fsp3) is 0.654. The van der Waals surface area contributed by atoms with Crippen LogP contribution in [0.25, 0.3) is 0 Å². The van der Waals surface area contributed by atoms with Gasteiger partial charge in [-0.15, -0.1) is 0 Å². The van der Waals surface area contributed by atoms with Crippen LogP contribution >= 0.6 is 0 Å². The molecule has 2 N–H and O–H groups in total. The Labute approximate surface area is 196 Å². The normalized spacial score (nSPS) is 23.9. The Bertz CT molecular complexity index is 785. The van der Waals surface area contributed by atoms with Gasteiger partial charge in [0.15, 0.2) is 0 Å². The molecule has 33 heavy (non-hydrogen) atoms. The molecule has 2 fully saturated rings. The molecule has 3 rings (SSSR count). The predicted molar refractivity (Wildman–Crippen MR) is 126 cm³/mol. The average molecular weight is 459 g/mol. The quantitative estimate of drug-likeness (QED) is 0.494. The lowest BCUT2D eigenvalue weighted by molar-refractivity contribution is -0.149. The van der Waals surface area contributed by atoms with Gasteiger partial charge in [0.05, 0.1) is 12.6 Å². The van der Waals surface area contributed by atoms with Crippen molar-refractivity contribution >= 4 is 17.8 Å².